The molecule has 2 atom stereocenters. The Morgan fingerprint density at radius 3 is 2.53 bits per heavy atom. The molecule has 1 N–H and O–H groups in total. The van der Waals surface area contributed by atoms with E-state index in [2.05, 4.69) is 36.5 Å². The van der Waals surface area contributed by atoms with E-state index in [4.69, 9.17) is 0 Å². The molecule has 0 amide bonds. The quantitative estimate of drug-likeness (QED) is 0.925. The number of rotatable bonds is 3. The molecular formula is C15H23NO2S. The summed E-state index contributed by atoms with van der Waals surface area (Å²) in [5, 5.41) is 3.38. The lowest BCUT2D eigenvalue weighted by molar-refractivity contribution is 0.517. The molecule has 19 heavy (non-hydrogen) atoms. The van der Waals surface area contributed by atoms with Crippen LogP contribution in [-0.4, -0.2) is 26.5 Å². The summed E-state index contributed by atoms with van der Waals surface area (Å²) in [7, 11) is -2.95. The van der Waals surface area contributed by atoms with Crippen molar-refractivity contribution in [3.8, 4) is 0 Å². The van der Waals surface area contributed by atoms with Gasteiger partial charge in [-0.15, -0.1) is 0 Å². The summed E-state index contributed by atoms with van der Waals surface area (Å²) in [6.45, 7) is 4.91. The van der Waals surface area contributed by atoms with Gasteiger partial charge >= 0.3 is 0 Å². The zero-order valence-corrected chi connectivity index (χ0v) is 12.5. The molecule has 2 unspecified atom stereocenters. The molecule has 0 spiro atoms. The summed E-state index contributed by atoms with van der Waals surface area (Å²) in [5.41, 5.74) is 2.40. The average molecular weight is 281 g/mol. The predicted molar refractivity (Wildman–Crippen MR) is 79.0 cm³/mol. The third-order valence-corrected chi connectivity index (χ3v) is 5.51. The normalized spacial score (nSPS) is 26.8. The fourth-order valence-electron chi connectivity index (χ4n) is 2.64. The van der Waals surface area contributed by atoms with Gasteiger partial charge in [-0.3, -0.25) is 0 Å². The van der Waals surface area contributed by atoms with Crippen LogP contribution in [0.4, 0.5) is 0 Å². The summed E-state index contributed by atoms with van der Waals surface area (Å²) < 4.78 is 24.0. The lowest BCUT2D eigenvalue weighted by Crippen LogP contribution is -2.26. The van der Waals surface area contributed by atoms with Crippen molar-refractivity contribution in [2.75, 3.05) is 18.1 Å². The molecule has 3 nitrogen and oxygen atoms in total. The van der Waals surface area contributed by atoms with Crippen molar-refractivity contribution in [1.29, 1.82) is 0 Å². The van der Waals surface area contributed by atoms with Crippen molar-refractivity contribution in [2.45, 2.75) is 32.7 Å². The standard InChI is InChI=1S/C15H23NO2S/c1-3-4-13-5-7-14(8-6-13)15-11-19(17,18)10-12(2)9-16-15/h5-8,12,15-16H,3-4,9-11H2,1-2H3. The van der Waals surface area contributed by atoms with E-state index >= 15 is 0 Å². The second-order valence-electron chi connectivity index (χ2n) is 5.63. The number of aryl methyl sites for hydroxylation is 1. The Kier molecular flexibility index (Phi) is 4.63. The minimum Gasteiger partial charge on any atom is -0.309 e. The van der Waals surface area contributed by atoms with Gasteiger partial charge in [0.2, 0.25) is 0 Å². The highest BCUT2D eigenvalue weighted by Crippen LogP contribution is 2.21. The first-order valence-corrected chi connectivity index (χ1v) is 8.85. The molecule has 1 heterocycles. The summed E-state index contributed by atoms with van der Waals surface area (Å²) in [4.78, 5) is 0. The van der Waals surface area contributed by atoms with Gasteiger partial charge in [0.1, 0.15) is 0 Å². The number of benzene rings is 1. The zero-order chi connectivity index (χ0) is 13.9. The van der Waals surface area contributed by atoms with Crippen molar-refractivity contribution < 1.29 is 8.42 Å². The lowest BCUT2D eigenvalue weighted by Gasteiger charge is -2.16. The highest BCUT2D eigenvalue weighted by atomic mass is 32.2. The Labute approximate surface area is 116 Å². The Bertz CT molecular complexity index is 507. The van der Waals surface area contributed by atoms with Gasteiger partial charge in [0, 0.05) is 6.04 Å². The topological polar surface area (TPSA) is 46.2 Å². The van der Waals surface area contributed by atoms with Crippen LogP contribution in [0.15, 0.2) is 24.3 Å². The fourth-order valence-corrected chi connectivity index (χ4v) is 4.58. The maximum atomic E-state index is 12.0. The van der Waals surface area contributed by atoms with Gasteiger partial charge in [-0.2, -0.15) is 0 Å². The highest BCUT2D eigenvalue weighted by Gasteiger charge is 2.26. The zero-order valence-electron chi connectivity index (χ0n) is 11.7. The summed E-state index contributed by atoms with van der Waals surface area (Å²) in [6.07, 6.45) is 2.21. The van der Waals surface area contributed by atoms with E-state index in [9.17, 15) is 8.42 Å². The Morgan fingerprint density at radius 1 is 1.21 bits per heavy atom. The van der Waals surface area contributed by atoms with Crippen molar-refractivity contribution in [3.63, 3.8) is 0 Å². The number of hydrogen-bond acceptors (Lipinski definition) is 3. The molecule has 0 radical (unpaired) electrons. The lowest BCUT2D eigenvalue weighted by atomic mass is 10.0. The molecule has 1 aliphatic rings. The van der Waals surface area contributed by atoms with Crippen LogP contribution in [-0.2, 0) is 16.3 Å². The molecule has 0 saturated carbocycles. The highest BCUT2D eigenvalue weighted by molar-refractivity contribution is 7.91. The summed E-state index contributed by atoms with van der Waals surface area (Å²) in [5.74, 6) is 0.698. The van der Waals surface area contributed by atoms with Crippen molar-refractivity contribution in [3.05, 3.63) is 35.4 Å². The van der Waals surface area contributed by atoms with E-state index in [-0.39, 0.29) is 17.7 Å². The Morgan fingerprint density at radius 2 is 1.89 bits per heavy atom. The van der Waals surface area contributed by atoms with Gasteiger partial charge in [0.15, 0.2) is 9.84 Å². The minimum atomic E-state index is -2.95. The first kappa shape index (κ1) is 14.5. The van der Waals surface area contributed by atoms with E-state index in [1.165, 1.54) is 5.56 Å². The second kappa shape index (κ2) is 6.06. The maximum Gasteiger partial charge on any atom is 0.152 e. The molecule has 1 aliphatic heterocycles. The summed E-state index contributed by atoms with van der Waals surface area (Å²) in [6, 6.07) is 8.29. The molecule has 2 rings (SSSR count). The monoisotopic (exact) mass is 281 g/mol. The number of sulfone groups is 1. The molecule has 1 saturated heterocycles. The number of nitrogens with one attached hydrogen (secondary N) is 1. The van der Waals surface area contributed by atoms with Crippen LogP contribution in [0.1, 0.15) is 37.4 Å². The fraction of sp³-hybridized carbons (Fsp3) is 0.600. The van der Waals surface area contributed by atoms with Crippen molar-refractivity contribution in [2.24, 2.45) is 5.92 Å². The van der Waals surface area contributed by atoms with Gasteiger partial charge in [-0.1, -0.05) is 44.5 Å². The van der Waals surface area contributed by atoms with Gasteiger partial charge in [0.25, 0.3) is 0 Å². The molecular weight excluding hydrogens is 258 g/mol. The number of hydrogen-bond donors (Lipinski definition) is 1. The molecule has 106 valence electrons. The average Bonchev–Trinajstić information content (AvgIpc) is 2.48. The maximum absolute atomic E-state index is 12.0. The Balaban J connectivity index is 2.16. The first-order valence-electron chi connectivity index (χ1n) is 7.03. The van der Waals surface area contributed by atoms with Crippen LogP contribution in [0.3, 0.4) is 0 Å². The van der Waals surface area contributed by atoms with Gasteiger partial charge in [0.05, 0.1) is 11.5 Å². The van der Waals surface area contributed by atoms with Gasteiger partial charge in [-0.25, -0.2) is 8.42 Å². The molecule has 0 bridgehead atoms. The van der Waals surface area contributed by atoms with Crippen LogP contribution < -0.4 is 5.32 Å². The third-order valence-electron chi connectivity index (χ3n) is 3.59. The predicted octanol–water partition coefficient (Wildman–Crippen LogP) is 2.33. The van der Waals surface area contributed by atoms with Gasteiger partial charge in [-0.05, 0) is 30.0 Å². The Hall–Kier alpha value is -0.870. The second-order valence-corrected chi connectivity index (χ2v) is 7.79. The first-order chi connectivity index (χ1) is 9.00. The minimum absolute atomic E-state index is 0.0642. The third kappa shape index (κ3) is 4.05. The largest absolute Gasteiger partial charge is 0.309 e. The summed E-state index contributed by atoms with van der Waals surface area (Å²) >= 11 is 0. The van der Waals surface area contributed by atoms with E-state index in [0.29, 0.717) is 5.75 Å². The molecule has 4 heteroatoms. The molecule has 1 aromatic carbocycles. The van der Waals surface area contributed by atoms with Crippen LogP contribution in [0.25, 0.3) is 0 Å². The van der Waals surface area contributed by atoms with Gasteiger partial charge < -0.3 is 5.32 Å². The van der Waals surface area contributed by atoms with Crippen LogP contribution in [0.5, 0.6) is 0 Å². The van der Waals surface area contributed by atoms with Crippen LogP contribution >= 0.6 is 0 Å². The molecule has 0 aromatic heterocycles. The van der Waals surface area contributed by atoms with E-state index in [1.807, 2.05) is 6.92 Å². The molecule has 1 fully saturated rings. The van der Waals surface area contributed by atoms with Crippen LogP contribution in [0.2, 0.25) is 0 Å². The van der Waals surface area contributed by atoms with E-state index in [1.54, 1.807) is 0 Å². The van der Waals surface area contributed by atoms with Crippen molar-refractivity contribution >= 4 is 9.84 Å². The van der Waals surface area contributed by atoms with E-state index < -0.39 is 9.84 Å². The SMILES string of the molecule is CCCc1ccc(C2CS(=O)(=O)CC(C)CN2)cc1. The smallest absolute Gasteiger partial charge is 0.152 e. The van der Waals surface area contributed by atoms with Crippen molar-refractivity contribution in [1.82, 2.24) is 5.32 Å². The van der Waals surface area contributed by atoms with E-state index in [0.717, 1.165) is 24.9 Å². The molecule has 0 aliphatic carbocycles. The molecule has 1 aromatic rings. The van der Waals surface area contributed by atoms with Crippen LogP contribution in [0, 0.1) is 5.92 Å².